The van der Waals surface area contributed by atoms with E-state index in [4.69, 9.17) is 24.7 Å². The van der Waals surface area contributed by atoms with Crippen LogP contribution in [-0.2, 0) is 4.79 Å². The SMILES string of the molecule is COc1cc(NC(C(=O)/C(=C/O)C(=N)c2ccc(C)cc2)c2cnc(OC)cn2)cc(OCCCO)c1. The highest BCUT2D eigenvalue weighted by Gasteiger charge is 2.29. The number of ether oxygens (including phenoxy) is 3. The second-order valence-corrected chi connectivity index (χ2v) is 8.03. The number of benzene rings is 2. The van der Waals surface area contributed by atoms with Gasteiger partial charge < -0.3 is 29.7 Å². The molecule has 10 nitrogen and oxygen atoms in total. The smallest absolute Gasteiger partial charge is 0.231 e. The topological polar surface area (TPSA) is 147 Å². The fourth-order valence-electron chi connectivity index (χ4n) is 3.41. The van der Waals surface area contributed by atoms with Crippen molar-refractivity contribution in [1.82, 2.24) is 9.97 Å². The highest BCUT2D eigenvalue weighted by molar-refractivity contribution is 6.28. The molecule has 0 aliphatic heterocycles. The molecule has 0 aliphatic rings. The molecule has 0 saturated heterocycles. The highest BCUT2D eigenvalue weighted by Crippen LogP contribution is 2.30. The lowest BCUT2D eigenvalue weighted by atomic mass is 9.94. The molecule has 0 aliphatic carbocycles. The highest BCUT2D eigenvalue weighted by atomic mass is 16.5. The van der Waals surface area contributed by atoms with Gasteiger partial charge in [0, 0.05) is 42.5 Å². The summed E-state index contributed by atoms with van der Waals surface area (Å²) in [5.41, 5.74) is 1.84. The fraction of sp³-hybridized carbons (Fsp3) is 0.259. The molecule has 1 aromatic heterocycles. The number of rotatable bonds is 13. The van der Waals surface area contributed by atoms with E-state index in [9.17, 15) is 9.90 Å². The van der Waals surface area contributed by atoms with Crippen LogP contribution in [0.3, 0.4) is 0 Å². The number of ketones is 1. The molecule has 0 radical (unpaired) electrons. The second kappa shape index (κ2) is 13.0. The van der Waals surface area contributed by atoms with Gasteiger partial charge in [-0.25, -0.2) is 4.98 Å². The van der Waals surface area contributed by atoms with Crippen molar-refractivity contribution < 1.29 is 29.2 Å². The van der Waals surface area contributed by atoms with Gasteiger partial charge in [-0.05, 0) is 6.92 Å². The van der Waals surface area contributed by atoms with E-state index in [1.807, 2.05) is 19.1 Å². The Bertz CT molecular complexity index is 1240. The van der Waals surface area contributed by atoms with Gasteiger partial charge in [0.25, 0.3) is 0 Å². The number of hydrogen-bond acceptors (Lipinski definition) is 10. The number of anilines is 1. The molecule has 1 heterocycles. The van der Waals surface area contributed by atoms with Crippen molar-refractivity contribution >= 4 is 17.2 Å². The third-order valence-electron chi connectivity index (χ3n) is 5.42. The summed E-state index contributed by atoms with van der Waals surface area (Å²) < 4.78 is 16.1. The lowest BCUT2D eigenvalue weighted by molar-refractivity contribution is -0.116. The number of nitrogens with one attached hydrogen (secondary N) is 2. The van der Waals surface area contributed by atoms with Gasteiger partial charge >= 0.3 is 0 Å². The van der Waals surface area contributed by atoms with Gasteiger partial charge in [0.1, 0.15) is 17.5 Å². The van der Waals surface area contributed by atoms with Gasteiger partial charge in [0.15, 0.2) is 5.78 Å². The summed E-state index contributed by atoms with van der Waals surface area (Å²) >= 11 is 0. The van der Waals surface area contributed by atoms with Crippen molar-refractivity contribution in [2.24, 2.45) is 0 Å². The number of hydrogen-bond donors (Lipinski definition) is 4. The normalized spacial score (nSPS) is 11.9. The predicted octanol–water partition coefficient (Wildman–Crippen LogP) is 3.80. The minimum atomic E-state index is -1.12. The first-order chi connectivity index (χ1) is 17.9. The Morgan fingerprint density at radius 3 is 2.41 bits per heavy atom. The van der Waals surface area contributed by atoms with E-state index >= 15 is 0 Å². The van der Waals surface area contributed by atoms with Crippen molar-refractivity contribution in [1.29, 1.82) is 5.41 Å². The molecule has 4 N–H and O–H groups in total. The number of carbonyl (C=O) groups is 1. The van der Waals surface area contributed by atoms with E-state index in [1.54, 1.807) is 30.3 Å². The van der Waals surface area contributed by atoms with Crippen molar-refractivity contribution in [2.75, 3.05) is 32.8 Å². The molecule has 3 aromatic rings. The van der Waals surface area contributed by atoms with Crippen molar-refractivity contribution in [3.05, 3.63) is 83.5 Å². The van der Waals surface area contributed by atoms with Crippen LogP contribution in [0.4, 0.5) is 5.69 Å². The third-order valence-corrected chi connectivity index (χ3v) is 5.42. The first-order valence-electron chi connectivity index (χ1n) is 11.5. The molecule has 0 bridgehead atoms. The molecule has 10 heteroatoms. The van der Waals surface area contributed by atoms with Crippen molar-refractivity contribution in [3.63, 3.8) is 0 Å². The summed E-state index contributed by atoms with van der Waals surface area (Å²) in [6.45, 7) is 2.20. The molecule has 0 amide bonds. The van der Waals surface area contributed by atoms with Gasteiger partial charge in [-0.3, -0.25) is 15.2 Å². The number of aliphatic hydroxyl groups excluding tert-OH is 2. The molecule has 0 spiro atoms. The van der Waals surface area contributed by atoms with Crippen LogP contribution in [0.2, 0.25) is 0 Å². The summed E-state index contributed by atoms with van der Waals surface area (Å²) in [6.07, 6.45) is 3.84. The zero-order valence-electron chi connectivity index (χ0n) is 20.9. The predicted molar refractivity (Wildman–Crippen MR) is 139 cm³/mol. The fourth-order valence-corrected chi connectivity index (χ4v) is 3.41. The van der Waals surface area contributed by atoms with Crippen LogP contribution in [0, 0.1) is 12.3 Å². The molecule has 0 saturated carbocycles. The average molecular weight is 507 g/mol. The first-order valence-corrected chi connectivity index (χ1v) is 11.5. The molecular formula is C27H30N4O6. The minimum Gasteiger partial charge on any atom is -0.515 e. The molecule has 1 atom stereocenters. The molecular weight excluding hydrogens is 476 g/mol. The van der Waals surface area contributed by atoms with Crippen molar-refractivity contribution in [2.45, 2.75) is 19.4 Å². The van der Waals surface area contributed by atoms with E-state index in [0.717, 1.165) is 5.56 Å². The third kappa shape index (κ3) is 7.05. The number of aromatic nitrogens is 2. The first kappa shape index (κ1) is 27.2. The number of nitrogens with zero attached hydrogens (tertiary/aromatic N) is 2. The Morgan fingerprint density at radius 1 is 1.08 bits per heavy atom. The Kier molecular flexibility index (Phi) is 9.56. The Labute approximate surface area is 215 Å². The van der Waals surface area contributed by atoms with Gasteiger partial charge in [-0.1, -0.05) is 29.8 Å². The number of Topliss-reactive ketones (excluding diaryl/α,β-unsaturated/α-hetero) is 1. The molecule has 37 heavy (non-hydrogen) atoms. The number of aryl methyl sites for hydroxylation is 1. The maximum atomic E-state index is 13.7. The Balaban J connectivity index is 1.99. The summed E-state index contributed by atoms with van der Waals surface area (Å²) in [5.74, 6) is 0.605. The van der Waals surface area contributed by atoms with Crippen LogP contribution in [0.1, 0.15) is 29.3 Å². The number of carbonyl (C=O) groups excluding carboxylic acids is 1. The summed E-state index contributed by atoms with van der Waals surface area (Å²) in [4.78, 5) is 22.2. The average Bonchev–Trinajstić information content (AvgIpc) is 2.92. The quantitative estimate of drug-likeness (QED) is 0.118. The Hall–Kier alpha value is -4.44. The van der Waals surface area contributed by atoms with E-state index < -0.39 is 11.8 Å². The summed E-state index contributed by atoms with van der Waals surface area (Å²) in [5, 5.41) is 30.7. The van der Waals surface area contributed by atoms with Gasteiger partial charge in [0.2, 0.25) is 5.88 Å². The summed E-state index contributed by atoms with van der Waals surface area (Å²) in [6, 6.07) is 11.0. The second-order valence-electron chi connectivity index (χ2n) is 8.03. The number of methoxy groups -OCH3 is 2. The van der Waals surface area contributed by atoms with Gasteiger partial charge in [0.05, 0.1) is 56.5 Å². The molecule has 0 fully saturated rings. The van der Waals surface area contributed by atoms with Crippen LogP contribution >= 0.6 is 0 Å². The van der Waals surface area contributed by atoms with Gasteiger partial charge in [-0.2, -0.15) is 0 Å². The van der Waals surface area contributed by atoms with Crippen molar-refractivity contribution in [3.8, 4) is 17.4 Å². The molecule has 2 aromatic carbocycles. The minimum absolute atomic E-state index is 0.00893. The standard InChI is InChI=1S/C27H30N4O6/c1-17-5-7-18(8-6-17)25(28)22(16-33)27(34)26(23-14-30-24(36-3)15-29-23)31-19-11-20(35-2)13-21(12-19)37-10-4-9-32/h5-8,11-16,26,28,31-33H,4,9-10H2,1-3H3/b22-16+,28-25?. The van der Waals surface area contributed by atoms with E-state index in [1.165, 1.54) is 26.6 Å². The maximum absolute atomic E-state index is 13.7. The lowest BCUT2D eigenvalue weighted by Gasteiger charge is -2.21. The molecule has 3 rings (SSSR count). The van der Waals surface area contributed by atoms with Crippen LogP contribution in [-0.4, -0.2) is 59.1 Å². The monoisotopic (exact) mass is 506 g/mol. The van der Waals surface area contributed by atoms with Gasteiger partial charge in [-0.15, -0.1) is 0 Å². The lowest BCUT2D eigenvalue weighted by Crippen LogP contribution is -2.27. The van der Waals surface area contributed by atoms with Crippen LogP contribution in [0.25, 0.3) is 0 Å². The molecule has 194 valence electrons. The maximum Gasteiger partial charge on any atom is 0.231 e. The molecule has 1 unspecified atom stereocenters. The summed E-state index contributed by atoms with van der Waals surface area (Å²) in [7, 11) is 2.96. The van der Waals surface area contributed by atoms with E-state index in [0.29, 0.717) is 42.0 Å². The van der Waals surface area contributed by atoms with Crippen LogP contribution < -0.4 is 19.5 Å². The van der Waals surface area contributed by atoms with Crippen LogP contribution in [0.15, 0.2) is 66.7 Å². The number of aliphatic hydroxyl groups is 2. The Morgan fingerprint density at radius 2 is 1.81 bits per heavy atom. The van der Waals surface area contributed by atoms with E-state index in [2.05, 4.69) is 15.3 Å². The zero-order valence-corrected chi connectivity index (χ0v) is 20.9. The largest absolute Gasteiger partial charge is 0.515 e. The van der Waals surface area contributed by atoms with Crippen LogP contribution in [0.5, 0.6) is 17.4 Å². The van der Waals surface area contributed by atoms with E-state index in [-0.39, 0.29) is 29.5 Å². The zero-order chi connectivity index (χ0) is 26.8.